The van der Waals surface area contributed by atoms with E-state index in [0.717, 1.165) is 22.0 Å². The van der Waals surface area contributed by atoms with Gasteiger partial charge >= 0.3 is 0 Å². The summed E-state index contributed by atoms with van der Waals surface area (Å²) in [6, 6.07) is 5.94. The number of carbonyl (C=O) groups excluding carboxylic acids is 1. The van der Waals surface area contributed by atoms with Gasteiger partial charge in [-0.3, -0.25) is 4.79 Å². The van der Waals surface area contributed by atoms with Gasteiger partial charge in [0.25, 0.3) is 0 Å². The van der Waals surface area contributed by atoms with E-state index in [2.05, 4.69) is 25.9 Å². The second-order valence-electron chi connectivity index (χ2n) is 5.64. The molecule has 26 heavy (non-hydrogen) atoms. The number of aromatic nitrogens is 1. The highest BCUT2D eigenvalue weighted by Crippen LogP contribution is 2.11. The molecule has 0 bridgehead atoms. The molecule has 0 unspecified atom stereocenters. The molecule has 0 aliphatic carbocycles. The van der Waals surface area contributed by atoms with E-state index >= 15 is 0 Å². The fourth-order valence-corrected chi connectivity index (χ4v) is 2.91. The molecule has 0 radical (unpaired) electrons. The number of amides is 1. The number of carbonyl (C=O) groups is 1. The zero-order valence-electron chi connectivity index (χ0n) is 15.0. The lowest BCUT2D eigenvalue weighted by molar-refractivity contribution is -0.120. The van der Waals surface area contributed by atoms with Crippen molar-refractivity contribution in [3.8, 4) is 0 Å². The van der Waals surface area contributed by atoms with Gasteiger partial charge in [-0.2, -0.15) is 0 Å². The van der Waals surface area contributed by atoms with Crippen molar-refractivity contribution in [1.29, 1.82) is 0 Å². The Bertz CT molecular complexity index is 729. The summed E-state index contributed by atoms with van der Waals surface area (Å²) in [6.45, 7) is 6.31. The van der Waals surface area contributed by atoms with E-state index in [1.165, 1.54) is 12.1 Å². The molecule has 0 aliphatic rings. The van der Waals surface area contributed by atoms with Crippen LogP contribution in [0.25, 0.3) is 0 Å². The van der Waals surface area contributed by atoms with E-state index in [-0.39, 0.29) is 18.1 Å². The van der Waals surface area contributed by atoms with Gasteiger partial charge < -0.3 is 16.0 Å². The van der Waals surface area contributed by atoms with Crippen LogP contribution in [0.5, 0.6) is 0 Å². The first kappa shape index (κ1) is 19.8. The van der Waals surface area contributed by atoms with Gasteiger partial charge in [-0.05, 0) is 31.5 Å². The van der Waals surface area contributed by atoms with E-state index in [9.17, 15) is 9.18 Å². The Balaban J connectivity index is 1.71. The molecule has 0 aliphatic heterocycles. The highest BCUT2D eigenvalue weighted by Gasteiger charge is 2.04. The summed E-state index contributed by atoms with van der Waals surface area (Å²) in [7, 11) is 0. The summed E-state index contributed by atoms with van der Waals surface area (Å²) in [4.78, 5) is 21.8. The molecule has 8 heteroatoms. The van der Waals surface area contributed by atoms with Gasteiger partial charge in [0.1, 0.15) is 10.8 Å². The van der Waals surface area contributed by atoms with Crippen molar-refractivity contribution in [2.24, 2.45) is 4.99 Å². The molecule has 3 N–H and O–H groups in total. The Morgan fingerprint density at radius 2 is 1.92 bits per heavy atom. The molecular formula is C18H24FN5OS. The van der Waals surface area contributed by atoms with Crippen molar-refractivity contribution in [3.05, 3.63) is 51.7 Å². The lowest BCUT2D eigenvalue weighted by Crippen LogP contribution is -2.41. The number of nitrogens with zero attached hydrogens (tertiary/aromatic N) is 2. The summed E-state index contributed by atoms with van der Waals surface area (Å²) in [6.07, 6.45) is 2.07. The molecule has 0 fully saturated rings. The molecule has 1 heterocycles. The van der Waals surface area contributed by atoms with Crippen LogP contribution in [-0.4, -0.2) is 36.5 Å². The van der Waals surface area contributed by atoms with Gasteiger partial charge in [0, 0.05) is 30.7 Å². The third kappa shape index (κ3) is 7.18. The summed E-state index contributed by atoms with van der Waals surface area (Å²) in [5, 5.41) is 10.1. The van der Waals surface area contributed by atoms with Crippen LogP contribution < -0.4 is 16.0 Å². The average molecular weight is 377 g/mol. The van der Waals surface area contributed by atoms with Crippen LogP contribution in [0.3, 0.4) is 0 Å². The van der Waals surface area contributed by atoms with Crippen LogP contribution in [0.15, 0.2) is 35.5 Å². The zero-order chi connectivity index (χ0) is 18.8. The molecule has 140 valence electrons. The standard InChI is InChI=1S/C18H24FN5OS/c1-3-20-18(24-12-17-23-11-13(2)26-17)22-9-8-21-16(25)10-14-4-6-15(19)7-5-14/h4-7,11H,3,8-10,12H2,1-2H3,(H,21,25)(H2,20,22,24). The minimum atomic E-state index is -0.304. The predicted molar refractivity (Wildman–Crippen MR) is 103 cm³/mol. The third-order valence-corrected chi connectivity index (χ3v) is 4.30. The maximum Gasteiger partial charge on any atom is 0.224 e. The van der Waals surface area contributed by atoms with Crippen LogP contribution >= 0.6 is 11.3 Å². The Hall–Kier alpha value is -2.48. The normalized spacial score (nSPS) is 11.3. The molecule has 1 amide bonds. The highest BCUT2D eigenvalue weighted by atomic mass is 32.1. The fourth-order valence-electron chi connectivity index (χ4n) is 2.20. The minimum Gasteiger partial charge on any atom is -0.357 e. The largest absolute Gasteiger partial charge is 0.357 e. The Morgan fingerprint density at radius 1 is 1.19 bits per heavy atom. The average Bonchev–Trinajstić information content (AvgIpc) is 3.04. The third-order valence-electron chi connectivity index (χ3n) is 3.40. The van der Waals surface area contributed by atoms with Gasteiger partial charge in [-0.15, -0.1) is 11.3 Å². The lowest BCUT2D eigenvalue weighted by atomic mass is 10.1. The Morgan fingerprint density at radius 3 is 2.58 bits per heavy atom. The summed E-state index contributed by atoms with van der Waals surface area (Å²) < 4.78 is 12.9. The van der Waals surface area contributed by atoms with Gasteiger partial charge in [0.2, 0.25) is 5.91 Å². The number of aliphatic imine (C=N–C) groups is 1. The van der Waals surface area contributed by atoms with E-state index < -0.39 is 0 Å². The maximum absolute atomic E-state index is 12.9. The minimum absolute atomic E-state index is 0.0985. The summed E-state index contributed by atoms with van der Waals surface area (Å²) in [5.41, 5.74) is 0.783. The molecule has 0 atom stereocenters. The number of nitrogens with one attached hydrogen (secondary N) is 3. The number of aryl methyl sites for hydroxylation is 1. The van der Waals surface area contributed by atoms with Crippen LogP contribution in [0.1, 0.15) is 22.4 Å². The SMILES string of the molecule is CCNC(=NCc1ncc(C)s1)NCCNC(=O)Cc1ccc(F)cc1. The molecule has 6 nitrogen and oxygen atoms in total. The molecule has 0 saturated heterocycles. The summed E-state index contributed by atoms with van der Waals surface area (Å²) in [5.74, 6) is 0.285. The van der Waals surface area contributed by atoms with Crippen molar-refractivity contribution in [3.63, 3.8) is 0 Å². The van der Waals surface area contributed by atoms with E-state index in [4.69, 9.17) is 0 Å². The molecule has 0 spiro atoms. The predicted octanol–water partition coefficient (Wildman–Crippen LogP) is 2.00. The summed E-state index contributed by atoms with van der Waals surface area (Å²) >= 11 is 1.63. The topological polar surface area (TPSA) is 78.4 Å². The van der Waals surface area contributed by atoms with Gasteiger partial charge in [0.15, 0.2) is 5.96 Å². The molecular weight excluding hydrogens is 353 g/mol. The van der Waals surface area contributed by atoms with Gasteiger partial charge in [0.05, 0.1) is 13.0 Å². The molecule has 2 aromatic rings. The van der Waals surface area contributed by atoms with Gasteiger partial charge in [-0.25, -0.2) is 14.4 Å². The second-order valence-corrected chi connectivity index (χ2v) is 6.96. The van der Waals surface area contributed by atoms with Crippen LogP contribution in [0.2, 0.25) is 0 Å². The number of rotatable bonds is 8. The Kier molecular flexibility index (Phi) is 8.01. The van der Waals surface area contributed by atoms with Crippen LogP contribution in [-0.2, 0) is 17.8 Å². The number of benzene rings is 1. The number of hydrogen-bond acceptors (Lipinski definition) is 4. The van der Waals surface area contributed by atoms with E-state index in [1.54, 1.807) is 23.5 Å². The first-order chi connectivity index (χ1) is 12.6. The van der Waals surface area contributed by atoms with Crippen LogP contribution in [0.4, 0.5) is 4.39 Å². The van der Waals surface area contributed by atoms with Crippen molar-refractivity contribution in [1.82, 2.24) is 20.9 Å². The highest BCUT2D eigenvalue weighted by molar-refractivity contribution is 7.11. The molecule has 1 aromatic carbocycles. The van der Waals surface area contributed by atoms with Crippen molar-refractivity contribution in [2.45, 2.75) is 26.8 Å². The molecule has 0 saturated carbocycles. The van der Waals surface area contributed by atoms with E-state index in [0.29, 0.717) is 25.6 Å². The quantitative estimate of drug-likeness (QED) is 0.374. The second kappa shape index (κ2) is 10.5. The Labute approximate surface area is 157 Å². The van der Waals surface area contributed by atoms with Crippen molar-refractivity contribution < 1.29 is 9.18 Å². The zero-order valence-corrected chi connectivity index (χ0v) is 15.8. The van der Waals surface area contributed by atoms with Crippen molar-refractivity contribution >= 4 is 23.2 Å². The monoisotopic (exact) mass is 377 g/mol. The van der Waals surface area contributed by atoms with E-state index in [1.807, 2.05) is 20.0 Å². The number of hydrogen-bond donors (Lipinski definition) is 3. The van der Waals surface area contributed by atoms with Crippen molar-refractivity contribution in [2.75, 3.05) is 19.6 Å². The van der Waals surface area contributed by atoms with Gasteiger partial charge in [-0.1, -0.05) is 12.1 Å². The number of thiazole rings is 1. The first-order valence-electron chi connectivity index (χ1n) is 8.51. The van der Waals surface area contributed by atoms with Crippen LogP contribution in [0, 0.1) is 12.7 Å². The first-order valence-corrected chi connectivity index (χ1v) is 9.33. The number of halogens is 1. The molecule has 2 rings (SSSR count). The maximum atomic E-state index is 12.9. The number of guanidine groups is 1. The lowest BCUT2D eigenvalue weighted by Gasteiger charge is -2.11. The smallest absolute Gasteiger partial charge is 0.224 e. The fraction of sp³-hybridized carbons (Fsp3) is 0.389. The molecule has 1 aromatic heterocycles.